The van der Waals surface area contributed by atoms with Crippen LogP contribution in [0, 0.1) is 0 Å². The van der Waals surface area contributed by atoms with E-state index in [4.69, 9.17) is 4.84 Å². The van der Waals surface area contributed by atoms with Crippen LogP contribution in [0.5, 0.6) is 0 Å². The minimum Gasteiger partial charge on any atom is -0.326 e. The molecule has 0 atom stereocenters. The molecule has 0 spiro atoms. The summed E-state index contributed by atoms with van der Waals surface area (Å²) in [4.78, 5) is 16.1. The monoisotopic (exact) mass is 270 g/mol. The largest absolute Gasteiger partial charge is 0.326 e. The van der Waals surface area contributed by atoms with Crippen LogP contribution in [0.3, 0.4) is 0 Å². The number of benzene rings is 1. The second kappa shape index (κ2) is 4.68. The van der Waals surface area contributed by atoms with Crippen LogP contribution in [-0.2, 0) is 26.1 Å². The molecule has 1 aliphatic heterocycles. The number of rotatable bonds is 3. The summed E-state index contributed by atoms with van der Waals surface area (Å²) in [6.07, 6.45) is 0.915. The lowest BCUT2D eigenvalue weighted by molar-refractivity contribution is -0.116. The van der Waals surface area contributed by atoms with Crippen molar-refractivity contribution in [3.63, 3.8) is 0 Å². The zero-order valence-electron chi connectivity index (χ0n) is 10.1. The molecule has 1 aliphatic rings. The first-order valence-corrected chi connectivity index (χ1v) is 6.85. The number of nitrogens with zero attached hydrogens (tertiary/aromatic N) is 1. The number of carbonyl (C=O) groups is 1. The van der Waals surface area contributed by atoms with Crippen molar-refractivity contribution >= 4 is 21.6 Å². The van der Waals surface area contributed by atoms with Crippen molar-refractivity contribution in [2.24, 2.45) is 0 Å². The fourth-order valence-electron chi connectivity index (χ4n) is 1.77. The van der Waals surface area contributed by atoms with E-state index in [0.29, 0.717) is 18.5 Å². The molecule has 0 saturated heterocycles. The van der Waals surface area contributed by atoms with Gasteiger partial charge in [0.2, 0.25) is 5.91 Å². The summed E-state index contributed by atoms with van der Waals surface area (Å²) in [5.41, 5.74) is 1.49. The van der Waals surface area contributed by atoms with E-state index in [1.807, 2.05) is 0 Å². The molecule has 1 aromatic rings. The number of aryl methyl sites for hydroxylation is 1. The van der Waals surface area contributed by atoms with Gasteiger partial charge in [-0.1, -0.05) is 4.47 Å². The van der Waals surface area contributed by atoms with Crippen molar-refractivity contribution in [1.29, 1.82) is 0 Å². The van der Waals surface area contributed by atoms with E-state index in [0.717, 1.165) is 10.0 Å². The maximum atomic E-state index is 12.0. The Kier molecular flexibility index (Phi) is 3.38. The first-order valence-electron chi connectivity index (χ1n) is 5.41. The third kappa shape index (κ3) is 2.24. The van der Waals surface area contributed by atoms with Crippen LogP contribution < -0.4 is 5.32 Å². The summed E-state index contributed by atoms with van der Waals surface area (Å²) in [5, 5.41) is 2.70. The van der Waals surface area contributed by atoms with Gasteiger partial charge in [0.05, 0.1) is 12.0 Å². The van der Waals surface area contributed by atoms with E-state index in [1.165, 1.54) is 20.2 Å². The number of sulfonamides is 1. The van der Waals surface area contributed by atoms with Gasteiger partial charge in [0.15, 0.2) is 0 Å². The lowest BCUT2D eigenvalue weighted by Crippen LogP contribution is -2.26. The Bertz CT molecular complexity index is 583. The summed E-state index contributed by atoms with van der Waals surface area (Å²) in [5.74, 6) is -0.0490. The molecule has 1 aromatic carbocycles. The first-order chi connectivity index (χ1) is 8.45. The minimum atomic E-state index is -3.64. The van der Waals surface area contributed by atoms with E-state index in [1.54, 1.807) is 12.1 Å². The number of hydrogen-bond donors (Lipinski definition) is 1. The SMILES string of the molecule is CON(C)S(=O)(=O)c1ccc2c(c1)CCC(=O)N2. The maximum absolute atomic E-state index is 12.0. The van der Waals surface area contributed by atoms with Crippen LogP contribution in [-0.4, -0.2) is 33.0 Å². The molecule has 0 aromatic heterocycles. The Hall–Kier alpha value is -1.44. The van der Waals surface area contributed by atoms with Gasteiger partial charge in [0.1, 0.15) is 0 Å². The van der Waals surface area contributed by atoms with Gasteiger partial charge in [-0.3, -0.25) is 9.63 Å². The van der Waals surface area contributed by atoms with Gasteiger partial charge < -0.3 is 5.32 Å². The number of carbonyl (C=O) groups excluding carboxylic acids is 1. The van der Waals surface area contributed by atoms with E-state index in [9.17, 15) is 13.2 Å². The smallest absolute Gasteiger partial charge is 0.264 e. The Balaban J connectivity index is 2.41. The molecule has 0 fully saturated rings. The lowest BCUT2D eigenvalue weighted by atomic mass is 10.0. The van der Waals surface area contributed by atoms with Crippen LogP contribution in [0.15, 0.2) is 23.1 Å². The van der Waals surface area contributed by atoms with Gasteiger partial charge in [-0.15, -0.1) is 0 Å². The minimum absolute atomic E-state index is 0.0490. The van der Waals surface area contributed by atoms with Crippen molar-refractivity contribution in [1.82, 2.24) is 4.47 Å². The highest BCUT2D eigenvalue weighted by Crippen LogP contribution is 2.26. The molecule has 1 heterocycles. The van der Waals surface area contributed by atoms with Crippen molar-refractivity contribution < 1.29 is 18.0 Å². The molecule has 0 unspecified atom stereocenters. The zero-order valence-corrected chi connectivity index (χ0v) is 11.0. The molecule has 0 aliphatic carbocycles. The zero-order chi connectivity index (χ0) is 13.3. The molecule has 0 bridgehead atoms. The van der Waals surface area contributed by atoms with Gasteiger partial charge in [-0.05, 0) is 30.2 Å². The number of fused-ring (bicyclic) bond motifs is 1. The van der Waals surface area contributed by atoms with Crippen LogP contribution in [0.1, 0.15) is 12.0 Å². The average Bonchev–Trinajstić information content (AvgIpc) is 2.36. The van der Waals surface area contributed by atoms with E-state index in [2.05, 4.69) is 5.32 Å². The third-order valence-corrected chi connectivity index (χ3v) is 4.54. The van der Waals surface area contributed by atoms with Crippen LogP contribution in [0.25, 0.3) is 0 Å². The summed E-state index contributed by atoms with van der Waals surface area (Å²) < 4.78 is 24.9. The fourth-order valence-corrected chi connectivity index (χ4v) is 2.79. The van der Waals surface area contributed by atoms with Crippen LogP contribution in [0.4, 0.5) is 5.69 Å². The number of anilines is 1. The van der Waals surface area contributed by atoms with Gasteiger partial charge in [-0.25, -0.2) is 8.42 Å². The quantitative estimate of drug-likeness (QED) is 0.822. The molecule has 18 heavy (non-hydrogen) atoms. The predicted octanol–water partition coefficient (Wildman–Crippen LogP) is 0.753. The van der Waals surface area contributed by atoms with E-state index in [-0.39, 0.29) is 10.8 Å². The van der Waals surface area contributed by atoms with Crippen molar-refractivity contribution in [3.8, 4) is 0 Å². The molecule has 0 saturated carbocycles. The predicted molar refractivity (Wildman–Crippen MR) is 65.4 cm³/mol. The highest BCUT2D eigenvalue weighted by molar-refractivity contribution is 7.89. The van der Waals surface area contributed by atoms with Crippen LogP contribution >= 0.6 is 0 Å². The molecule has 1 N–H and O–H groups in total. The maximum Gasteiger partial charge on any atom is 0.264 e. The average molecular weight is 270 g/mol. The van der Waals surface area contributed by atoms with E-state index < -0.39 is 10.0 Å². The number of amides is 1. The van der Waals surface area contributed by atoms with E-state index >= 15 is 0 Å². The molecule has 98 valence electrons. The Morgan fingerprint density at radius 2 is 2.06 bits per heavy atom. The third-order valence-electron chi connectivity index (χ3n) is 2.87. The van der Waals surface area contributed by atoms with Crippen molar-refractivity contribution in [3.05, 3.63) is 23.8 Å². The molecular formula is C11H14N2O4S. The summed E-state index contributed by atoms with van der Waals surface area (Å²) in [6.45, 7) is 0. The van der Waals surface area contributed by atoms with Gasteiger partial charge in [-0.2, -0.15) is 0 Å². The molecule has 2 rings (SSSR count). The summed E-state index contributed by atoms with van der Waals surface area (Å²) in [7, 11) is -1.02. The second-order valence-electron chi connectivity index (χ2n) is 3.96. The molecule has 0 radical (unpaired) electrons. The Morgan fingerprint density at radius 1 is 1.33 bits per heavy atom. The molecule has 6 nitrogen and oxygen atoms in total. The standard InChI is InChI=1S/C11H14N2O4S/c1-13(17-2)18(15,16)9-4-5-10-8(7-9)3-6-11(14)12-10/h4-5,7H,3,6H2,1-2H3,(H,12,14). The Labute approximate surface area is 106 Å². The summed E-state index contributed by atoms with van der Waals surface area (Å²) >= 11 is 0. The normalized spacial score (nSPS) is 15.4. The first kappa shape index (κ1) is 13.0. The fraction of sp³-hybridized carbons (Fsp3) is 0.364. The molecule has 7 heteroatoms. The number of hydrogen-bond acceptors (Lipinski definition) is 4. The highest BCUT2D eigenvalue weighted by atomic mass is 32.2. The lowest BCUT2D eigenvalue weighted by Gasteiger charge is -2.19. The van der Waals surface area contributed by atoms with Crippen molar-refractivity contribution in [2.75, 3.05) is 19.5 Å². The van der Waals surface area contributed by atoms with Crippen LogP contribution in [0.2, 0.25) is 0 Å². The summed E-state index contributed by atoms with van der Waals surface area (Å²) in [6, 6.07) is 4.62. The topological polar surface area (TPSA) is 75.7 Å². The van der Waals surface area contributed by atoms with Crippen molar-refractivity contribution in [2.45, 2.75) is 17.7 Å². The van der Waals surface area contributed by atoms with Gasteiger partial charge in [0.25, 0.3) is 10.0 Å². The number of hydroxylamine groups is 1. The molecular weight excluding hydrogens is 256 g/mol. The molecule has 1 amide bonds. The van der Waals surface area contributed by atoms with Gasteiger partial charge >= 0.3 is 0 Å². The highest BCUT2D eigenvalue weighted by Gasteiger charge is 2.23. The van der Waals surface area contributed by atoms with Gasteiger partial charge in [0, 0.05) is 19.2 Å². The second-order valence-corrected chi connectivity index (χ2v) is 5.90. The number of nitrogens with one attached hydrogen (secondary N) is 1. The Morgan fingerprint density at radius 3 is 2.72 bits per heavy atom.